The minimum atomic E-state index is 0.334. The summed E-state index contributed by atoms with van der Waals surface area (Å²) in [4.78, 5) is 4.35. The Bertz CT molecular complexity index is 584. The maximum absolute atomic E-state index is 5.93. The summed E-state index contributed by atoms with van der Waals surface area (Å²) < 4.78 is 1.78. The molecule has 0 radical (unpaired) electrons. The van der Waals surface area contributed by atoms with Crippen LogP contribution in [0.3, 0.4) is 0 Å². The van der Waals surface area contributed by atoms with Crippen LogP contribution in [0.2, 0.25) is 0 Å². The Hall–Kier alpha value is -2.30. The van der Waals surface area contributed by atoms with Gasteiger partial charge in [0.05, 0.1) is 17.9 Å². The van der Waals surface area contributed by atoms with Gasteiger partial charge in [-0.1, -0.05) is 44.2 Å². The third kappa shape index (κ3) is 3.60. The lowest BCUT2D eigenvalue weighted by atomic mass is 10.1. The van der Waals surface area contributed by atoms with Gasteiger partial charge in [-0.3, -0.25) is 4.68 Å². The first kappa shape index (κ1) is 14.1. The van der Waals surface area contributed by atoms with Crippen LogP contribution < -0.4 is 11.1 Å². The van der Waals surface area contributed by atoms with Gasteiger partial charge in [-0.2, -0.15) is 5.10 Å². The molecular weight excluding hydrogens is 250 g/mol. The molecule has 0 aliphatic rings. The number of guanidine groups is 1. The molecule has 0 spiro atoms. The van der Waals surface area contributed by atoms with Gasteiger partial charge in [0, 0.05) is 13.2 Å². The van der Waals surface area contributed by atoms with E-state index in [-0.39, 0.29) is 0 Å². The molecule has 20 heavy (non-hydrogen) atoms. The van der Waals surface area contributed by atoms with Crippen LogP contribution in [0.1, 0.15) is 31.0 Å². The van der Waals surface area contributed by atoms with Gasteiger partial charge in [0.25, 0.3) is 0 Å². The molecule has 106 valence electrons. The maximum Gasteiger partial charge on any atom is 0.193 e. The van der Waals surface area contributed by atoms with E-state index in [1.165, 1.54) is 0 Å². The highest BCUT2D eigenvalue weighted by atomic mass is 15.3. The molecule has 1 aromatic heterocycles. The highest BCUT2D eigenvalue weighted by Gasteiger charge is 2.11. The molecule has 1 heterocycles. The maximum atomic E-state index is 5.93. The zero-order chi connectivity index (χ0) is 14.5. The van der Waals surface area contributed by atoms with Crippen LogP contribution in [0.4, 0.5) is 5.69 Å². The summed E-state index contributed by atoms with van der Waals surface area (Å²) in [5, 5.41) is 7.55. The second-order valence-corrected chi connectivity index (χ2v) is 5.07. The van der Waals surface area contributed by atoms with Gasteiger partial charge in [0.15, 0.2) is 5.96 Å². The SMILES string of the molecule is CC(C)c1nn(C)cc1NC(N)=NCc1ccccc1. The normalized spacial score (nSPS) is 11.9. The molecule has 2 aromatic rings. The Labute approximate surface area is 119 Å². The summed E-state index contributed by atoms with van der Waals surface area (Å²) in [6.07, 6.45) is 1.92. The van der Waals surface area contributed by atoms with Crippen molar-refractivity contribution in [1.82, 2.24) is 9.78 Å². The largest absolute Gasteiger partial charge is 0.370 e. The van der Waals surface area contributed by atoms with Crippen molar-refractivity contribution >= 4 is 11.6 Å². The lowest BCUT2D eigenvalue weighted by Gasteiger charge is -2.07. The molecule has 1 aromatic carbocycles. The first-order chi connectivity index (χ1) is 9.56. The third-order valence-corrected chi connectivity index (χ3v) is 2.94. The number of nitrogens with two attached hydrogens (primary N) is 1. The Morgan fingerprint density at radius 3 is 2.70 bits per heavy atom. The fraction of sp³-hybridized carbons (Fsp3) is 0.333. The van der Waals surface area contributed by atoms with Crippen molar-refractivity contribution in [2.75, 3.05) is 5.32 Å². The molecule has 0 fully saturated rings. The number of aliphatic imine (C=N–C) groups is 1. The van der Waals surface area contributed by atoms with E-state index >= 15 is 0 Å². The fourth-order valence-corrected chi connectivity index (χ4v) is 1.97. The summed E-state index contributed by atoms with van der Waals surface area (Å²) in [7, 11) is 1.90. The van der Waals surface area contributed by atoms with E-state index in [4.69, 9.17) is 5.73 Å². The van der Waals surface area contributed by atoms with Gasteiger partial charge in [0.2, 0.25) is 0 Å². The number of hydrogen-bond donors (Lipinski definition) is 2. The number of benzene rings is 1. The molecule has 0 atom stereocenters. The molecule has 5 nitrogen and oxygen atoms in total. The van der Waals surface area contributed by atoms with Crippen LogP contribution >= 0.6 is 0 Å². The van der Waals surface area contributed by atoms with Gasteiger partial charge in [-0.05, 0) is 11.5 Å². The van der Waals surface area contributed by atoms with E-state index in [2.05, 4.69) is 29.3 Å². The van der Waals surface area contributed by atoms with E-state index < -0.39 is 0 Å². The molecule has 0 aliphatic carbocycles. The smallest absolute Gasteiger partial charge is 0.193 e. The molecule has 0 saturated heterocycles. The lowest BCUT2D eigenvalue weighted by Crippen LogP contribution is -2.23. The van der Waals surface area contributed by atoms with Crippen molar-refractivity contribution in [3.05, 3.63) is 47.8 Å². The first-order valence-corrected chi connectivity index (χ1v) is 6.70. The zero-order valence-electron chi connectivity index (χ0n) is 12.2. The van der Waals surface area contributed by atoms with Crippen LogP contribution in [0.25, 0.3) is 0 Å². The van der Waals surface area contributed by atoms with Gasteiger partial charge in [-0.25, -0.2) is 4.99 Å². The highest BCUT2D eigenvalue weighted by Crippen LogP contribution is 2.21. The average molecular weight is 271 g/mol. The van der Waals surface area contributed by atoms with Crippen LogP contribution in [-0.4, -0.2) is 15.7 Å². The summed E-state index contributed by atoms with van der Waals surface area (Å²) in [6.45, 7) is 4.77. The van der Waals surface area contributed by atoms with Crippen molar-refractivity contribution in [1.29, 1.82) is 0 Å². The van der Waals surface area contributed by atoms with E-state index in [1.807, 2.05) is 43.6 Å². The van der Waals surface area contributed by atoms with E-state index in [9.17, 15) is 0 Å². The van der Waals surface area contributed by atoms with Crippen molar-refractivity contribution in [2.45, 2.75) is 26.3 Å². The summed E-state index contributed by atoms with van der Waals surface area (Å²) in [5.41, 5.74) is 8.97. The number of aryl methyl sites for hydroxylation is 1. The Balaban J connectivity index is 2.06. The summed E-state index contributed by atoms with van der Waals surface area (Å²) in [6, 6.07) is 10.0. The van der Waals surface area contributed by atoms with Crippen LogP contribution in [-0.2, 0) is 13.6 Å². The average Bonchev–Trinajstić information content (AvgIpc) is 2.79. The Kier molecular flexibility index (Phi) is 4.40. The molecule has 0 unspecified atom stereocenters. The number of anilines is 1. The molecule has 0 saturated carbocycles. The fourth-order valence-electron chi connectivity index (χ4n) is 1.97. The number of nitrogens with zero attached hydrogens (tertiary/aromatic N) is 3. The topological polar surface area (TPSA) is 68.2 Å². The second kappa shape index (κ2) is 6.23. The van der Waals surface area contributed by atoms with Crippen LogP contribution in [0, 0.1) is 0 Å². The number of hydrogen-bond acceptors (Lipinski definition) is 2. The quantitative estimate of drug-likeness (QED) is 0.663. The third-order valence-electron chi connectivity index (χ3n) is 2.94. The predicted molar refractivity (Wildman–Crippen MR) is 82.7 cm³/mol. The number of aromatic nitrogens is 2. The highest BCUT2D eigenvalue weighted by molar-refractivity contribution is 5.92. The van der Waals surface area contributed by atoms with Gasteiger partial charge >= 0.3 is 0 Å². The van der Waals surface area contributed by atoms with Gasteiger partial charge < -0.3 is 11.1 Å². The molecule has 0 bridgehead atoms. The zero-order valence-corrected chi connectivity index (χ0v) is 12.2. The van der Waals surface area contributed by atoms with E-state index in [0.717, 1.165) is 16.9 Å². The predicted octanol–water partition coefficient (Wildman–Crippen LogP) is 2.47. The van der Waals surface area contributed by atoms with E-state index in [0.29, 0.717) is 18.4 Å². The molecule has 0 aliphatic heterocycles. The van der Waals surface area contributed by atoms with Gasteiger partial charge in [0.1, 0.15) is 0 Å². The number of rotatable bonds is 4. The Morgan fingerprint density at radius 2 is 2.05 bits per heavy atom. The summed E-state index contributed by atoms with van der Waals surface area (Å²) in [5.74, 6) is 0.740. The standard InChI is InChI=1S/C15H21N5/c1-11(2)14-13(10-20(3)19-14)18-15(16)17-9-12-7-5-4-6-8-12/h4-8,10-11H,9H2,1-3H3,(H3,16,17,18). The van der Waals surface area contributed by atoms with Crippen LogP contribution in [0.5, 0.6) is 0 Å². The van der Waals surface area contributed by atoms with Gasteiger partial charge in [-0.15, -0.1) is 0 Å². The molecule has 3 N–H and O–H groups in total. The molecule has 5 heteroatoms. The minimum Gasteiger partial charge on any atom is -0.370 e. The second-order valence-electron chi connectivity index (χ2n) is 5.07. The van der Waals surface area contributed by atoms with Crippen molar-refractivity contribution in [3.8, 4) is 0 Å². The van der Waals surface area contributed by atoms with Crippen molar-refractivity contribution in [3.63, 3.8) is 0 Å². The molecule has 0 amide bonds. The first-order valence-electron chi connectivity index (χ1n) is 6.70. The summed E-state index contributed by atoms with van der Waals surface area (Å²) >= 11 is 0. The minimum absolute atomic E-state index is 0.334. The van der Waals surface area contributed by atoms with E-state index in [1.54, 1.807) is 4.68 Å². The number of nitrogens with one attached hydrogen (secondary N) is 1. The van der Waals surface area contributed by atoms with Crippen molar-refractivity contribution < 1.29 is 0 Å². The van der Waals surface area contributed by atoms with Crippen molar-refractivity contribution in [2.24, 2.45) is 17.8 Å². The molecular formula is C15H21N5. The lowest BCUT2D eigenvalue weighted by molar-refractivity contribution is 0.713. The monoisotopic (exact) mass is 271 g/mol. The van der Waals surface area contributed by atoms with Crippen LogP contribution in [0.15, 0.2) is 41.5 Å². The molecule has 2 rings (SSSR count). The Morgan fingerprint density at radius 1 is 1.35 bits per heavy atom.